The second kappa shape index (κ2) is 7.54. The number of likely N-dealkylation sites (N-methyl/N-ethyl adjacent to an activating group) is 1. The molecule has 0 bridgehead atoms. The Balaban J connectivity index is 1.75. The molecule has 2 aromatic carbocycles. The van der Waals surface area contributed by atoms with Gasteiger partial charge in [-0.05, 0) is 42.4 Å². The van der Waals surface area contributed by atoms with Gasteiger partial charge in [-0.15, -0.1) is 0 Å². The maximum atomic E-state index is 12.8. The highest BCUT2D eigenvalue weighted by Gasteiger charge is 2.40. The third-order valence-corrected chi connectivity index (χ3v) is 5.40. The molecule has 2 aliphatic heterocycles. The fourth-order valence-corrected chi connectivity index (χ4v) is 3.86. The Kier molecular flexibility index (Phi) is 5.17. The molecule has 0 atom stereocenters. The number of rotatable bonds is 4. The molecule has 1 saturated heterocycles. The van der Waals surface area contributed by atoms with Crippen molar-refractivity contribution in [2.45, 2.75) is 18.4 Å². The zero-order valence-corrected chi connectivity index (χ0v) is 16.3. The molecule has 2 aliphatic rings. The first-order valence-corrected chi connectivity index (χ1v) is 9.55. The minimum Gasteiger partial charge on any atom is -0.343 e. The highest BCUT2D eigenvalue weighted by atomic mass is 19.4. The van der Waals surface area contributed by atoms with Crippen LogP contribution in [0.4, 0.5) is 18.9 Å². The van der Waals surface area contributed by atoms with Crippen LogP contribution in [0.2, 0.25) is 0 Å². The van der Waals surface area contributed by atoms with Gasteiger partial charge in [0.25, 0.3) is 5.91 Å². The largest absolute Gasteiger partial charge is 0.416 e. The molecule has 2 aromatic rings. The fourth-order valence-electron chi connectivity index (χ4n) is 3.86. The molecule has 0 radical (unpaired) electrons. The van der Waals surface area contributed by atoms with Crippen LogP contribution in [0.3, 0.4) is 0 Å². The molecule has 0 saturated carbocycles. The average molecular weight is 418 g/mol. The van der Waals surface area contributed by atoms with E-state index in [-0.39, 0.29) is 5.91 Å². The highest BCUT2D eigenvalue weighted by molar-refractivity contribution is 6.35. The maximum Gasteiger partial charge on any atom is 0.416 e. The lowest BCUT2D eigenvalue weighted by molar-refractivity contribution is -0.168. The van der Waals surface area contributed by atoms with Gasteiger partial charge in [-0.1, -0.05) is 18.2 Å². The monoisotopic (exact) mass is 418 g/mol. The van der Waals surface area contributed by atoms with E-state index in [1.54, 1.807) is 13.1 Å². The number of anilines is 1. The molecule has 5 nitrogen and oxygen atoms in total. The van der Waals surface area contributed by atoms with Crippen LogP contribution in [-0.2, 0) is 26.2 Å². The Morgan fingerprint density at radius 2 is 1.80 bits per heavy atom. The molecule has 0 unspecified atom stereocenters. The molecule has 2 N–H and O–H groups in total. The van der Waals surface area contributed by atoms with Crippen molar-refractivity contribution in [2.24, 2.45) is 5.73 Å². The smallest absolute Gasteiger partial charge is 0.343 e. The zero-order chi connectivity index (χ0) is 21.5. The van der Waals surface area contributed by atoms with Gasteiger partial charge in [0.05, 0.1) is 24.5 Å². The highest BCUT2D eigenvalue weighted by Crippen LogP contribution is 2.42. The average Bonchev–Trinajstić information content (AvgIpc) is 3.28. The summed E-state index contributed by atoms with van der Waals surface area (Å²) in [5.41, 5.74) is 8.05. The van der Waals surface area contributed by atoms with Crippen LogP contribution in [0.1, 0.15) is 28.7 Å². The number of alkyl halides is 3. The number of ether oxygens (including phenoxy) is 2. The van der Waals surface area contributed by atoms with Crippen LogP contribution in [-0.4, -0.2) is 32.7 Å². The molecule has 1 amide bonds. The Hall–Kier alpha value is -2.68. The van der Waals surface area contributed by atoms with Gasteiger partial charge in [0.15, 0.2) is 5.79 Å². The van der Waals surface area contributed by atoms with Gasteiger partial charge >= 0.3 is 6.18 Å². The number of nitrogens with two attached hydrogens (primary N) is 1. The zero-order valence-electron chi connectivity index (χ0n) is 16.3. The standard InChI is InChI=1S/C22H21F3N2O3/c1-27-19-7-6-16(21(8-9-26)29-10-11-30-21)13-17(19)18(20(27)28)12-14-2-4-15(5-3-14)22(23,24)25/h2-7,12-13H,8-11,26H2,1H3/b18-12-. The molecule has 0 spiro atoms. The van der Waals surface area contributed by atoms with Gasteiger partial charge in [-0.25, -0.2) is 0 Å². The van der Waals surface area contributed by atoms with E-state index in [1.165, 1.54) is 17.0 Å². The van der Waals surface area contributed by atoms with Crippen molar-refractivity contribution in [2.75, 3.05) is 31.7 Å². The quantitative estimate of drug-likeness (QED) is 0.768. The molecular weight excluding hydrogens is 397 g/mol. The summed E-state index contributed by atoms with van der Waals surface area (Å²) >= 11 is 0. The molecule has 158 valence electrons. The van der Waals surface area contributed by atoms with Gasteiger partial charge in [0.2, 0.25) is 0 Å². The Morgan fingerprint density at radius 1 is 1.13 bits per heavy atom. The van der Waals surface area contributed by atoms with Crippen molar-refractivity contribution in [1.29, 1.82) is 0 Å². The summed E-state index contributed by atoms with van der Waals surface area (Å²) in [6.07, 6.45) is -2.34. The SMILES string of the molecule is CN1C(=O)/C(=C\c2ccc(C(F)(F)F)cc2)c2cc(C3(CCN)OCCO3)ccc21. The van der Waals surface area contributed by atoms with Crippen LogP contribution >= 0.6 is 0 Å². The number of carbonyl (C=O) groups excluding carboxylic acids is 1. The molecule has 30 heavy (non-hydrogen) atoms. The number of carbonyl (C=O) groups is 1. The van der Waals surface area contributed by atoms with Gasteiger partial charge in [-0.3, -0.25) is 4.79 Å². The molecular formula is C22H21F3N2O3. The summed E-state index contributed by atoms with van der Waals surface area (Å²) in [6, 6.07) is 10.2. The molecule has 0 aliphatic carbocycles. The molecule has 2 heterocycles. The number of halogens is 3. The molecule has 4 rings (SSSR count). The van der Waals surface area contributed by atoms with E-state index in [0.717, 1.165) is 17.7 Å². The lowest BCUT2D eigenvalue weighted by atomic mass is 9.96. The van der Waals surface area contributed by atoms with Crippen LogP contribution in [0, 0.1) is 0 Å². The Labute approximate surface area is 171 Å². The van der Waals surface area contributed by atoms with Gasteiger partial charge in [0, 0.05) is 30.2 Å². The van der Waals surface area contributed by atoms with E-state index in [0.29, 0.717) is 48.6 Å². The first-order chi connectivity index (χ1) is 14.2. The second-order valence-corrected chi connectivity index (χ2v) is 7.26. The maximum absolute atomic E-state index is 12.8. The second-order valence-electron chi connectivity index (χ2n) is 7.26. The summed E-state index contributed by atoms with van der Waals surface area (Å²) in [7, 11) is 1.66. The number of benzene rings is 2. The van der Waals surface area contributed by atoms with E-state index >= 15 is 0 Å². The van der Waals surface area contributed by atoms with Gasteiger partial charge in [-0.2, -0.15) is 13.2 Å². The van der Waals surface area contributed by atoms with Crippen molar-refractivity contribution < 1.29 is 27.4 Å². The summed E-state index contributed by atoms with van der Waals surface area (Å²) in [5, 5.41) is 0. The minimum atomic E-state index is -4.41. The number of nitrogens with zero attached hydrogens (tertiary/aromatic N) is 1. The van der Waals surface area contributed by atoms with E-state index in [9.17, 15) is 18.0 Å². The molecule has 0 aromatic heterocycles. The van der Waals surface area contributed by atoms with E-state index in [1.807, 2.05) is 18.2 Å². The van der Waals surface area contributed by atoms with Crippen LogP contribution in [0.5, 0.6) is 0 Å². The predicted octanol–water partition coefficient (Wildman–Crippen LogP) is 3.77. The molecule has 1 fully saturated rings. The lowest BCUT2D eigenvalue weighted by Gasteiger charge is -2.28. The summed E-state index contributed by atoms with van der Waals surface area (Å²) in [4.78, 5) is 14.3. The number of hydrogen-bond donors (Lipinski definition) is 1. The summed E-state index contributed by atoms with van der Waals surface area (Å²) in [5.74, 6) is -1.18. The van der Waals surface area contributed by atoms with Crippen molar-refractivity contribution in [1.82, 2.24) is 0 Å². The number of fused-ring (bicyclic) bond motifs is 1. The molecule has 8 heteroatoms. The van der Waals surface area contributed by atoms with Gasteiger partial charge < -0.3 is 20.1 Å². The Morgan fingerprint density at radius 3 is 2.40 bits per heavy atom. The van der Waals surface area contributed by atoms with Crippen LogP contribution in [0.15, 0.2) is 42.5 Å². The first kappa shape index (κ1) is 20.6. The Bertz CT molecular complexity index is 994. The van der Waals surface area contributed by atoms with Crippen molar-refractivity contribution in [3.05, 3.63) is 64.7 Å². The first-order valence-electron chi connectivity index (χ1n) is 9.55. The number of hydrogen-bond acceptors (Lipinski definition) is 4. The van der Waals surface area contributed by atoms with Crippen LogP contribution in [0.25, 0.3) is 11.6 Å². The van der Waals surface area contributed by atoms with Gasteiger partial charge in [0.1, 0.15) is 0 Å². The predicted molar refractivity (Wildman–Crippen MR) is 106 cm³/mol. The van der Waals surface area contributed by atoms with Crippen molar-refractivity contribution in [3.63, 3.8) is 0 Å². The summed E-state index contributed by atoms with van der Waals surface area (Å²) < 4.78 is 50.2. The summed E-state index contributed by atoms with van der Waals surface area (Å²) in [6.45, 7) is 1.26. The lowest BCUT2D eigenvalue weighted by Crippen LogP contribution is -2.30. The van der Waals surface area contributed by atoms with Crippen molar-refractivity contribution >= 4 is 23.2 Å². The third-order valence-electron chi connectivity index (χ3n) is 5.40. The van der Waals surface area contributed by atoms with Crippen LogP contribution < -0.4 is 10.6 Å². The fraction of sp³-hybridized carbons (Fsp3) is 0.318. The third kappa shape index (κ3) is 3.51. The number of amides is 1. The topological polar surface area (TPSA) is 64.8 Å². The van der Waals surface area contributed by atoms with E-state index < -0.39 is 17.5 Å². The van der Waals surface area contributed by atoms with E-state index in [4.69, 9.17) is 15.2 Å². The normalized spacial score (nSPS) is 19.6. The minimum absolute atomic E-state index is 0.233. The van der Waals surface area contributed by atoms with E-state index in [2.05, 4.69) is 0 Å². The van der Waals surface area contributed by atoms with Crippen molar-refractivity contribution in [3.8, 4) is 0 Å².